The molecule has 3 nitrogen and oxygen atoms in total. The van der Waals surface area contributed by atoms with E-state index in [4.69, 9.17) is 5.11 Å². The van der Waals surface area contributed by atoms with Gasteiger partial charge in [-0.25, -0.2) is 4.39 Å². The first-order valence-corrected chi connectivity index (χ1v) is 5.95. The van der Waals surface area contributed by atoms with Gasteiger partial charge < -0.3 is 9.67 Å². The van der Waals surface area contributed by atoms with E-state index in [1.165, 1.54) is 6.07 Å². The minimum Gasteiger partial charge on any atom is -0.481 e. The van der Waals surface area contributed by atoms with Crippen molar-refractivity contribution in [3.63, 3.8) is 0 Å². The summed E-state index contributed by atoms with van der Waals surface area (Å²) in [5.74, 6) is -1.87. The van der Waals surface area contributed by atoms with Crippen LogP contribution in [0.4, 0.5) is 4.39 Å². The van der Waals surface area contributed by atoms with E-state index in [9.17, 15) is 9.18 Å². The summed E-state index contributed by atoms with van der Waals surface area (Å²) in [5, 5.41) is 9.87. The molecule has 1 aromatic heterocycles. The molecule has 0 amide bonds. The Balaban J connectivity index is 2.78. The van der Waals surface area contributed by atoms with Crippen LogP contribution in [0, 0.1) is 5.82 Å². The SMILES string of the molecule is CC(C(=O)O)c1cc2cccc(F)c2n1C(C)C. The lowest BCUT2D eigenvalue weighted by Gasteiger charge is -2.17. The number of hydrogen-bond acceptors (Lipinski definition) is 1. The number of carboxylic acids is 1. The minimum atomic E-state index is -0.903. The summed E-state index contributed by atoms with van der Waals surface area (Å²) >= 11 is 0. The highest BCUT2D eigenvalue weighted by molar-refractivity contribution is 5.85. The molecule has 1 heterocycles. The van der Waals surface area contributed by atoms with E-state index < -0.39 is 11.9 Å². The topological polar surface area (TPSA) is 42.2 Å². The monoisotopic (exact) mass is 249 g/mol. The molecule has 2 rings (SSSR count). The maximum Gasteiger partial charge on any atom is 0.312 e. The number of rotatable bonds is 3. The molecule has 2 aromatic rings. The van der Waals surface area contributed by atoms with Gasteiger partial charge in [-0.2, -0.15) is 0 Å². The van der Waals surface area contributed by atoms with Crippen molar-refractivity contribution < 1.29 is 14.3 Å². The molecule has 96 valence electrons. The average molecular weight is 249 g/mol. The second-order valence-corrected chi connectivity index (χ2v) is 4.77. The standard InChI is InChI=1S/C14H16FNO2/c1-8(2)16-12(9(3)14(17)18)7-10-5-4-6-11(15)13(10)16/h4-9H,1-3H3,(H,17,18). The molecule has 0 fully saturated rings. The molecule has 1 N–H and O–H groups in total. The molecule has 0 radical (unpaired) electrons. The third-order valence-electron chi connectivity index (χ3n) is 3.17. The highest BCUT2D eigenvalue weighted by Gasteiger charge is 2.22. The van der Waals surface area contributed by atoms with Crippen molar-refractivity contribution in [2.24, 2.45) is 0 Å². The maximum atomic E-state index is 13.9. The van der Waals surface area contributed by atoms with Gasteiger partial charge in [-0.1, -0.05) is 12.1 Å². The number of carbonyl (C=O) groups is 1. The van der Waals surface area contributed by atoms with E-state index in [1.807, 2.05) is 13.8 Å². The lowest BCUT2D eigenvalue weighted by Crippen LogP contribution is -2.14. The van der Waals surface area contributed by atoms with Crippen molar-refractivity contribution in [2.75, 3.05) is 0 Å². The van der Waals surface area contributed by atoms with Crippen LogP contribution < -0.4 is 0 Å². The van der Waals surface area contributed by atoms with Gasteiger partial charge in [0.2, 0.25) is 0 Å². The van der Waals surface area contributed by atoms with Gasteiger partial charge in [0.05, 0.1) is 11.4 Å². The Morgan fingerprint density at radius 2 is 2.00 bits per heavy atom. The smallest absolute Gasteiger partial charge is 0.312 e. The van der Waals surface area contributed by atoms with Crippen LogP contribution in [0.25, 0.3) is 10.9 Å². The Kier molecular flexibility index (Phi) is 3.11. The van der Waals surface area contributed by atoms with Gasteiger partial charge in [-0.3, -0.25) is 4.79 Å². The van der Waals surface area contributed by atoms with Crippen LogP contribution in [0.1, 0.15) is 38.4 Å². The molecule has 18 heavy (non-hydrogen) atoms. The summed E-state index contributed by atoms with van der Waals surface area (Å²) < 4.78 is 15.7. The van der Waals surface area contributed by atoms with Crippen LogP contribution in [0.15, 0.2) is 24.3 Å². The van der Waals surface area contributed by atoms with Crippen LogP contribution in [0.5, 0.6) is 0 Å². The van der Waals surface area contributed by atoms with Gasteiger partial charge in [0.25, 0.3) is 0 Å². The highest BCUT2D eigenvalue weighted by atomic mass is 19.1. The van der Waals surface area contributed by atoms with Crippen molar-refractivity contribution in [2.45, 2.75) is 32.7 Å². The second kappa shape index (κ2) is 4.44. The summed E-state index contributed by atoms with van der Waals surface area (Å²) in [6.45, 7) is 5.46. The molecule has 0 saturated carbocycles. The number of nitrogens with zero attached hydrogens (tertiary/aromatic N) is 1. The first kappa shape index (κ1) is 12.6. The fourth-order valence-corrected chi connectivity index (χ4v) is 2.28. The van der Waals surface area contributed by atoms with Crippen molar-refractivity contribution in [3.05, 3.63) is 35.8 Å². The number of para-hydroxylation sites is 1. The lowest BCUT2D eigenvalue weighted by molar-refractivity contribution is -0.138. The summed E-state index contributed by atoms with van der Waals surface area (Å²) in [4.78, 5) is 11.1. The summed E-state index contributed by atoms with van der Waals surface area (Å²) in [6.07, 6.45) is 0. The van der Waals surface area contributed by atoms with Crippen molar-refractivity contribution in [1.29, 1.82) is 0 Å². The number of benzene rings is 1. The van der Waals surface area contributed by atoms with Crippen molar-refractivity contribution in [1.82, 2.24) is 4.57 Å². The Bertz CT molecular complexity index is 601. The molecule has 1 aromatic carbocycles. The molecular formula is C14H16FNO2. The van der Waals surface area contributed by atoms with E-state index in [-0.39, 0.29) is 11.9 Å². The number of aromatic nitrogens is 1. The van der Waals surface area contributed by atoms with Gasteiger partial charge in [-0.05, 0) is 32.9 Å². The van der Waals surface area contributed by atoms with Crippen LogP contribution in [0.2, 0.25) is 0 Å². The first-order chi connectivity index (χ1) is 8.43. The Morgan fingerprint density at radius 3 is 2.56 bits per heavy atom. The summed E-state index contributed by atoms with van der Waals surface area (Å²) in [7, 11) is 0. The van der Waals surface area contributed by atoms with Crippen LogP contribution in [-0.2, 0) is 4.79 Å². The predicted octanol–water partition coefficient (Wildman–Crippen LogP) is 3.55. The zero-order valence-corrected chi connectivity index (χ0v) is 10.6. The molecule has 0 bridgehead atoms. The number of halogens is 1. The van der Waals surface area contributed by atoms with E-state index >= 15 is 0 Å². The third-order valence-corrected chi connectivity index (χ3v) is 3.17. The molecule has 4 heteroatoms. The maximum absolute atomic E-state index is 13.9. The van der Waals surface area contributed by atoms with Crippen molar-refractivity contribution in [3.8, 4) is 0 Å². The van der Waals surface area contributed by atoms with Gasteiger partial charge in [0, 0.05) is 17.1 Å². The Hall–Kier alpha value is -1.84. The quantitative estimate of drug-likeness (QED) is 0.903. The van der Waals surface area contributed by atoms with Gasteiger partial charge in [0.1, 0.15) is 5.82 Å². The molecule has 0 aliphatic carbocycles. The molecule has 0 aliphatic heterocycles. The molecule has 0 saturated heterocycles. The number of carboxylic acid groups (broad SMARTS) is 1. The first-order valence-electron chi connectivity index (χ1n) is 5.95. The Labute approximate surface area is 105 Å². The predicted molar refractivity (Wildman–Crippen MR) is 68.3 cm³/mol. The lowest BCUT2D eigenvalue weighted by atomic mass is 10.1. The fourth-order valence-electron chi connectivity index (χ4n) is 2.28. The summed E-state index contributed by atoms with van der Waals surface area (Å²) in [5.41, 5.74) is 1.12. The van der Waals surface area contributed by atoms with Gasteiger partial charge >= 0.3 is 5.97 Å². The van der Waals surface area contributed by atoms with E-state index in [0.717, 1.165) is 5.39 Å². The van der Waals surface area contributed by atoms with Gasteiger partial charge in [0.15, 0.2) is 0 Å². The number of fused-ring (bicyclic) bond motifs is 1. The molecule has 0 aliphatic rings. The van der Waals surface area contributed by atoms with E-state index in [1.54, 1.807) is 29.7 Å². The van der Waals surface area contributed by atoms with Crippen LogP contribution in [0.3, 0.4) is 0 Å². The van der Waals surface area contributed by atoms with E-state index in [0.29, 0.717) is 11.2 Å². The fraction of sp³-hybridized carbons (Fsp3) is 0.357. The molecular weight excluding hydrogens is 233 g/mol. The highest BCUT2D eigenvalue weighted by Crippen LogP contribution is 2.30. The number of aliphatic carboxylic acids is 1. The molecule has 0 spiro atoms. The number of hydrogen-bond donors (Lipinski definition) is 1. The normalized spacial score (nSPS) is 13.2. The van der Waals surface area contributed by atoms with Crippen LogP contribution >= 0.6 is 0 Å². The zero-order valence-electron chi connectivity index (χ0n) is 10.6. The minimum absolute atomic E-state index is 0.0104. The second-order valence-electron chi connectivity index (χ2n) is 4.77. The molecule has 1 atom stereocenters. The van der Waals surface area contributed by atoms with Crippen LogP contribution in [-0.4, -0.2) is 15.6 Å². The average Bonchev–Trinajstić information content (AvgIpc) is 2.68. The van der Waals surface area contributed by atoms with Crippen molar-refractivity contribution >= 4 is 16.9 Å². The molecule has 1 unspecified atom stereocenters. The third kappa shape index (κ3) is 1.88. The zero-order chi connectivity index (χ0) is 13.4. The Morgan fingerprint density at radius 1 is 1.33 bits per heavy atom. The van der Waals surface area contributed by atoms with E-state index in [2.05, 4.69) is 0 Å². The van der Waals surface area contributed by atoms with Gasteiger partial charge in [-0.15, -0.1) is 0 Å². The summed E-state index contributed by atoms with van der Waals surface area (Å²) in [6, 6.07) is 6.61. The largest absolute Gasteiger partial charge is 0.481 e.